The number of hydrogen-bond donors (Lipinski definition) is 2. The number of carbonyl (C=O) groups is 1. The van der Waals surface area contributed by atoms with Gasteiger partial charge in [0, 0.05) is 0 Å². The summed E-state index contributed by atoms with van der Waals surface area (Å²) in [6.45, 7) is 1.48. The van der Waals surface area contributed by atoms with Crippen LogP contribution in [0.2, 0.25) is 0 Å². The lowest BCUT2D eigenvalue weighted by atomic mass is 10.2. The van der Waals surface area contributed by atoms with Gasteiger partial charge in [-0.05, 0) is 24.6 Å². The van der Waals surface area contributed by atoms with Gasteiger partial charge >= 0.3 is 5.97 Å². The van der Waals surface area contributed by atoms with Gasteiger partial charge in [0.2, 0.25) is 0 Å². The van der Waals surface area contributed by atoms with Crippen molar-refractivity contribution in [2.24, 2.45) is 0 Å². The average Bonchev–Trinajstić information content (AvgIpc) is 2.18. The van der Waals surface area contributed by atoms with Crippen molar-refractivity contribution in [2.45, 2.75) is 19.6 Å². The molecule has 0 aliphatic heterocycles. The van der Waals surface area contributed by atoms with Crippen LogP contribution in [0, 0.1) is 0 Å². The Kier molecular flexibility index (Phi) is 4.08. The van der Waals surface area contributed by atoms with Crippen molar-refractivity contribution >= 4 is 5.97 Å². The molecule has 0 aliphatic rings. The molecule has 2 N–H and O–H groups in total. The fourth-order valence-corrected chi connectivity index (χ4v) is 1.04. The van der Waals surface area contributed by atoms with E-state index in [4.69, 9.17) is 15.1 Å². The van der Waals surface area contributed by atoms with Crippen molar-refractivity contribution in [3.8, 4) is 5.75 Å². The molecule has 5 heteroatoms. The maximum absolute atomic E-state index is 10.5. The summed E-state index contributed by atoms with van der Waals surface area (Å²) in [7, 11) is 0. The maximum Gasteiger partial charge on any atom is 0.344 e. The Hall–Kier alpha value is -1.59. The van der Waals surface area contributed by atoms with E-state index in [1.54, 1.807) is 24.3 Å². The molecule has 0 radical (unpaired) electrons. The van der Waals surface area contributed by atoms with Crippen LogP contribution in [0.3, 0.4) is 0 Å². The predicted molar refractivity (Wildman–Crippen MR) is 51.6 cm³/mol. The van der Waals surface area contributed by atoms with E-state index < -0.39 is 12.1 Å². The maximum atomic E-state index is 10.5. The van der Waals surface area contributed by atoms with Crippen molar-refractivity contribution in [1.29, 1.82) is 0 Å². The van der Waals surface area contributed by atoms with Crippen LogP contribution >= 0.6 is 0 Å². The lowest BCUT2D eigenvalue weighted by molar-refractivity contribution is -0.253. The zero-order chi connectivity index (χ0) is 11.3. The fourth-order valence-electron chi connectivity index (χ4n) is 1.04. The minimum absolute atomic E-state index is 0.0403. The van der Waals surface area contributed by atoms with E-state index in [1.807, 2.05) is 0 Å². The van der Waals surface area contributed by atoms with Crippen LogP contribution in [0.4, 0.5) is 0 Å². The number of carboxylic acids is 1. The molecule has 0 fully saturated rings. The summed E-state index contributed by atoms with van der Waals surface area (Å²) in [5.74, 6) is -0.599. The van der Waals surface area contributed by atoms with Crippen LogP contribution in [0.1, 0.15) is 12.5 Å². The molecule has 1 atom stereocenters. The minimum atomic E-state index is -1.03. The third-order valence-corrected chi connectivity index (χ3v) is 1.79. The molecule has 0 bridgehead atoms. The number of aliphatic carboxylic acids is 1. The first-order valence-electron chi connectivity index (χ1n) is 4.38. The van der Waals surface area contributed by atoms with Gasteiger partial charge in [-0.1, -0.05) is 12.1 Å². The van der Waals surface area contributed by atoms with E-state index in [0.29, 0.717) is 11.3 Å². The molecule has 0 spiro atoms. The molecule has 0 aromatic heterocycles. The van der Waals surface area contributed by atoms with Gasteiger partial charge in [0.15, 0.2) is 6.10 Å². The van der Waals surface area contributed by atoms with E-state index in [0.717, 1.165) is 0 Å². The molecule has 0 amide bonds. The molecule has 5 nitrogen and oxygen atoms in total. The summed E-state index contributed by atoms with van der Waals surface area (Å²) in [6.07, 6.45) is -0.907. The molecule has 0 aliphatic carbocycles. The minimum Gasteiger partial charge on any atom is -0.479 e. The zero-order valence-corrected chi connectivity index (χ0v) is 8.21. The molecule has 15 heavy (non-hydrogen) atoms. The van der Waals surface area contributed by atoms with Crippen LogP contribution in [0.5, 0.6) is 5.75 Å². The molecule has 1 unspecified atom stereocenters. The molecular weight excluding hydrogens is 200 g/mol. The van der Waals surface area contributed by atoms with Crippen molar-refractivity contribution in [2.75, 3.05) is 0 Å². The van der Waals surface area contributed by atoms with Crippen LogP contribution in [-0.4, -0.2) is 22.4 Å². The smallest absolute Gasteiger partial charge is 0.344 e. The lowest BCUT2D eigenvalue weighted by Gasteiger charge is -2.10. The van der Waals surface area contributed by atoms with Crippen LogP contribution in [0.25, 0.3) is 0 Å². The Morgan fingerprint density at radius 1 is 1.53 bits per heavy atom. The summed E-state index contributed by atoms with van der Waals surface area (Å²) in [5.41, 5.74) is 0.701. The molecule has 1 aromatic carbocycles. The molecule has 0 saturated heterocycles. The summed E-state index contributed by atoms with van der Waals surface area (Å²) in [5, 5.41) is 16.9. The van der Waals surface area contributed by atoms with Gasteiger partial charge in [-0.15, -0.1) is 0 Å². The number of ether oxygens (including phenoxy) is 1. The Morgan fingerprint density at radius 3 is 2.87 bits per heavy atom. The Morgan fingerprint density at radius 2 is 2.27 bits per heavy atom. The molecule has 1 aromatic rings. The number of rotatable bonds is 5. The summed E-state index contributed by atoms with van der Waals surface area (Å²) in [4.78, 5) is 14.5. The highest BCUT2D eigenvalue weighted by molar-refractivity contribution is 5.72. The second-order valence-electron chi connectivity index (χ2n) is 3.02. The van der Waals surface area contributed by atoms with Gasteiger partial charge in [0.05, 0.1) is 0 Å². The first kappa shape index (κ1) is 11.5. The molecule has 0 saturated carbocycles. The van der Waals surface area contributed by atoms with Crippen molar-refractivity contribution in [3.63, 3.8) is 0 Å². The average molecular weight is 212 g/mol. The summed E-state index contributed by atoms with van der Waals surface area (Å²) in [6, 6.07) is 6.67. The zero-order valence-electron chi connectivity index (χ0n) is 8.21. The highest BCUT2D eigenvalue weighted by Crippen LogP contribution is 2.15. The van der Waals surface area contributed by atoms with E-state index >= 15 is 0 Å². The summed E-state index contributed by atoms with van der Waals surface area (Å²) >= 11 is 0. The fraction of sp³-hybridized carbons (Fsp3) is 0.300. The van der Waals surface area contributed by atoms with Gasteiger partial charge in [-0.2, -0.15) is 0 Å². The van der Waals surface area contributed by atoms with E-state index in [9.17, 15) is 4.79 Å². The van der Waals surface area contributed by atoms with Crippen LogP contribution in [0.15, 0.2) is 24.3 Å². The van der Waals surface area contributed by atoms with Crippen LogP contribution < -0.4 is 4.74 Å². The number of carboxylic acid groups (broad SMARTS) is 1. The predicted octanol–water partition coefficient (Wildman–Crippen LogP) is 1.53. The SMILES string of the molecule is CC(Oc1cccc(COO)c1)C(=O)O. The lowest BCUT2D eigenvalue weighted by Crippen LogP contribution is -2.22. The number of benzene rings is 1. The summed E-state index contributed by atoms with van der Waals surface area (Å²) < 4.78 is 5.13. The van der Waals surface area contributed by atoms with E-state index in [1.165, 1.54) is 6.92 Å². The Labute approximate surface area is 86.8 Å². The second-order valence-corrected chi connectivity index (χ2v) is 3.02. The molecule has 0 heterocycles. The monoisotopic (exact) mass is 212 g/mol. The Bertz CT molecular complexity index is 336. The van der Waals surface area contributed by atoms with Crippen molar-refractivity contribution in [1.82, 2.24) is 0 Å². The van der Waals surface area contributed by atoms with E-state index in [2.05, 4.69) is 4.89 Å². The van der Waals surface area contributed by atoms with Gasteiger partial charge in [-0.25, -0.2) is 9.68 Å². The van der Waals surface area contributed by atoms with Gasteiger partial charge < -0.3 is 9.84 Å². The van der Waals surface area contributed by atoms with Gasteiger partial charge in [-0.3, -0.25) is 5.26 Å². The topological polar surface area (TPSA) is 76.0 Å². The quantitative estimate of drug-likeness (QED) is 0.571. The third-order valence-electron chi connectivity index (χ3n) is 1.79. The molecule has 1 rings (SSSR count). The van der Waals surface area contributed by atoms with Crippen molar-refractivity contribution in [3.05, 3.63) is 29.8 Å². The first-order chi connectivity index (χ1) is 7.13. The molecular formula is C10H12O5. The van der Waals surface area contributed by atoms with E-state index in [-0.39, 0.29) is 6.61 Å². The third kappa shape index (κ3) is 3.57. The largest absolute Gasteiger partial charge is 0.479 e. The van der Waals surface area contributed by atoms with Crippen molar-refractivity contribution < 1.29 is 24.8 Å². The highest BCUT2D eigenvalue weighted by atomic mass is 17.1. The van der Waals surface area contributed by atoms with Gasteiger partial charge in [0.1, 0.15) is 12.4 Å². The molecule has 82 valence electrons. The Balaban J connectivity index is 2.68. The first-order valence-corrected chi connectivity index (χ1v) is 4.38. The normalized spacial score (nSPS) is 12.1. The second kappa shape index (κ2) is 5.33. The van der Waals surface area contributed by atoms with Crippen LogP contribution in [-0.2, 0) is 16.3 Å². The highest BCUT2D eigenvalue weighted by Gasteiger charge is 2.12. The van der Waals surface area contributed by atoms with Gasteiger partial charge in [0.25, 0.3) is 0 Å². The number of hydrogen-bond acceptors (Lipinski definition) is 4. The standard InChI is InChI=1S/C10H12O5/c1-7(10(11)12)15-9-4-2-3-8(5-9)6-14-13/h2-5,7,13H,6H2,1H3,(H,11,12).